The number of nitrogens with zero attached hydrogens (tertiary/aromatic N) is 1. The molecule has 0 spiro atoms. The van der Waals surface area contributed by atoms with Crippen LogP contribution in [0.25, 0.3) is 0 Å². The van der Waals surface area contributed by atoms with Crippen LogP contribution >= 0.6 is 11.6 Å². The maximum atomic E-state index is 12.5. The van der Waals surface area contributed by atoms with Crippen molar-refractivity contribution in [3.05, 3.63) is 59.1 Å². The fourth-order valence-electron chi connectivity index (χ4n) is 1.79. The van der Waals surface area contributed by atoms with E-state index in [-0.39, 0.29) is 15.5 Å². The maximum Gasteiger partial charge on any atom is 0.264 e. The average molecular weight is 325 g/mol. The van der Waals surface area contributed by atoms with Gasteiger partial charge in [0.2, 0.25) is 5.91 Å². The van der Waals surface area contributed by atoms with E-state index in [1.807, 2.05) is 0 Å². The van der Waals surface area contributed by atoms with Crippen molar-refractivity contribution in [3.63, 3.8) is 0 Å². The van der Waals surface area contributed by atoms with Crippen molar-refractivity contribution in [1.82, 2.24) is 0 Å². The van der Waals surface area contributed by atoms with Gasteiger partial charge >= 0.3 is 0 Å². The predicted octanol–water partition coefficient (Wildman–Crippen LogP) is 2.26. The molecule has 21 heavy (non-hydrogen) atoms. The number of hydrogen-bond donors (Lipinski definition) is 1. The fourth-order valence-corrected chi connectivity index (χ4v) is 3.27. The molecule has 0 aromatic heterocycles. The van der Waals surface area contributed by atoms with Crippen molar-refractivity contribution in [2.24, 2.45) is 5.73 Å². The normalized spacial score (nSPS) is 11.1. The van der Waals surface area contributed by atoms with Crippen molar-refractivity contribution in [2.75, 3.05) is 11.4 Å². The van der Waals surface area contributed by atoms with Crippen LogP contribution in [-0.4, -0.2) is 21.4 Å². The number of halogens is 1. The van der Waals surface area contributed by atoms with Gasteiger partial charge in [-0.3, -0.25) is 9.10 Å². The van der Waals surface area contributed by atoms with Gasteiger partial charge in [-0.05, 0) is 30.3 Å². The highest BCUT2D eigenvalue weighted by Gasteiger charge is 2.21. The van der Waals surface area contributed by atoms with Crippen LogP contribution in [0.5, 0.6) is 0 Å². The summed E-state index contributed by atoms with van der Waals surface area (Å²) >= 11 is 5.94. The Bertz CT molecular complexity index is 776. The number of sulfonamides is 1. The summed E-state index contributed by atoms with van der Waals surface area (Å²) in [7, 11) is -2.27. The molecule has 0 fully saturated rings. The van der Waals surface area contributed by atoms with E-state index in [1.54, 1.807) is 18.2 Å². The molecule has 2 aromatic rings. The SMILES string of the molecule is CN(c1ccc(C(N)=O)c(Cl)c1)S(=O)(=O)c1ccccc1. The number of hydrogen-bond acceptors (Lipinski definition) is 3. The Hall–Kier alpha value is -2.05. The molecule has 0 aliphatic carbocycles. The summed E-state index contributed by atoms with van der Waals surface area (Å²) in [4.78, 5) is 11.3. The van der Waals surface area contributed by atoms with Crippen LogP contribution in [0.4, 0.5) is 5.69 Å². The summed E-state index contributed by atoms with van der Waals surface area (Å²) in [5.41, 5.74) is 5.65. The fraction of sp³-hybridized carbons (Fsp3) is 0.0714. The molecule has 0 bridgehead atoms. The molecule has 0 unspecified atom stereocenters. The molecule has 0 heterocycles. The smallest absolute Gasteiger partial charge is 0.264 e. The van der Waals surface area contributed by atoms with Crippen LogP contribution in [0.2, 0.25) is 5.02 Å². The lowest BCUT2D eigenvalue weighted by atomic mass is 10.2. The molecule has 1 amide bonds. The van der Waals surface area contributed by atoms with Gasteiger partial charge in [-0.1, -0.05) is 29.8 Å². The molecule has 0 aliphatic heterocycles. The average Bonchev–Trinajstić information content (AvgIpc) is 2.46. The Morgan fingerprint density at radius 1 is 1.14 bits per heavy atom. The molecule has 2 N–H and O–H groups in total. The van der Waals surface area contributed by atoms with Crippen LogP contribution in [-0.2, 0) is 10.0 Å². The van der Waals surface area contributed by atoms with Gasteiger partial charge in [0.1, 0.15) is 0 Å². The zero-order valence-electron chi connectivity index (χ0n) is 11.2. The number of carbonyl (C=O) groups is 1. The van der Waals surface area contributed by atoms with E-state index in [9.17, 15) is 13.2 Å². The van der Waals surface area contributed by atoms with E-state index in [0.29, 0.717) is 5.69 Å². The third kappa shape index (κ3) is 3.01. The maximum absolute atomic E-state index is 12.5. The molecule has 0 aliphatic rings. The van der Waals surface area contributed by atoms with Crippen LogP contribution < -0.4 is 10.0 Å². The first-order valence-corrected chi connectivity index (χ1v) is 7.79. The minimum Gasteiger partial charge on any atom is -0.366 e. The molecule has 5 nitrogen and oxygen atoms in total. The number of amides is 1. The standard InChI is InChI=1S/C14H13ClN2O3S/c1-17(21(19,20)11-5-3-2-4-6-11)10-7-8-12(14(16)18)13(15)9-10/h2-9H,1H3,(H2,16,18). The zero-order valence-corrected chi connectivity index (χ0v) is 12.7. The van der Waals surface area contributed by atoms with Crippen molar-refractivity contribution in [2.45, 2.75) is 4.90 Å². The van der Waals surface area contributed by atoms with E-state index < -0.39 is 15.9 Å². The summed E-state index contributed by atoms with van der Waals surface area (Å²) in [5, 5.41) is 0.107. The first-order chi connectivity index (χ1) is 9.84. The largest absolute Gasteiger partial charge is 0.366 e. The lowest BCUT2D eigenvalue weighted by Crippen LogP contribution is -2.26. The second-order valence-corrected chi connectivity index (χ2v) is 6.69. The number of benzene rings is 2. The van der Waals surface area contributed by atoms with Crippen LogP contribution in [0.1, 0.15) is 10.4 Å². The predicted molar refractivity (Wildman–Crippen MR) is 82.0 cm³/mol. The van der Waals surface area contributed by atoms with Crippen LogP contribution in [0, 0.1) is 0 Å². The van der Waals surface area contributed by atoms with Gasteiger partial charge < -0.3 is 5.73 Å². The van der Waals surface area contributed by atoms with E-state index in [0.717, 1.165) is 4.31 Å². The summed E-state index contributed by atoms with van der Waals surface area (Å²) in [5.74, 6) is -0.667. The van der Waals surface area contributed by atoms with Gasteiger partial charge in [0, 0.05) is 7.05 Å². The minimum absolute atomic E-state index is 0.107. The van der Waals surface area contributed by atoms with E-state index >= 15 is 0 Å². The van der Waals surface area contributed by atoms with E-state index in [2.05, 4.69) is 0 Å². The Labute approximate surface area is 128 Å². The highest BCUT2D eigenvalue weighted by molar-refractivity contribution is 7.92. The van der Waals surface area contributed by atoms with Crippen LogP contribution in [0.3, 0.4) is 0 Å². The Morgan fingerprint density at radius 3 is 2.29 bits per heavy atom. The van der Waals surface area contributed by atoms with Crippen molar-refractivity contribution in [1.29, 1.82) is 0 Å². The summed E-state index contributed by atoms with van der Waals surface area (Å²) in [6.45, 7) is 0. The molecule has 0 saturated carbocycles. The van der Waals surface area contributed by atoms with E-state index in [1.165, 1.54) is 37.4 Å². The van der Waals surface area contributed by atoms with Crippen molar-refractivity contribution < 1.29 is 13.2 Å². The zero-order chi connectivity index (χ0) is 15.6. The molecule has 0 saturated heterocycles. The topological polar surface area (TPSA) is 80.5 Å². The number of rotatable bonds is 4. The summed E-state index contributed by atoms with van der Waals surface area (Å²) in [6, 6.07) is 12.3. The van der Waals surface area contributed by atoms with E-state index in [4.69, 9.17) is 17.3 Å². The number of carbonyl (C=O) groups excluding carboxylic acids is 1. The molecule has 0 radical (unpaired) electrons. The first-order valence-electron chi connectivity index (χ1n) is 5.97. The third-order valence-corrected chi connectivity index (χ3v) is 5.10. The van der Waals surface area contributed by atoms with Gasteiger partial charge in [-0.25, -0.2) is 8.42 Å². The minimum atomic E-state index is -3.68. The molecule has 0 atom stereocenters. The lowest BCUT2D eigenvalue weighted by Gasteiger charge is -2.20. The third-order valence-electron chi connectivity index (χ3n) is 2.98. The monoisotopic (exact) mass is 324 g/mol. The highest BCUT2D eigenvalue weighted by Crippen LogP contribution is 2.26. The van der Waals surface area contributed by atoms with Gasteiger partial charge in [-0.2, -0.15) is 0 Å². The van der Waals surface area contributed by atoms with Crippen molar-refractivity contribution in [3.8, 4) is 0 Å². The number of nitrogens with two attached hydrogens (primary N) is 1. The van der Waals surface area contributed by atoms with Crippen LogP contribution in [0.15, 0.2) is 53.4 Å². The second kappa shape index (κ2) is 5.75. The lowest BCUT2D eigenvalue weighted by molar-refractivity contribution is 0.100. The summed E-state index contributed by atoms with van der Waals surface area (Å²) in [6.07, 6.45) is 0. The Kier molecular flexibility index (Phi) is 4.20. The number of primary amides is 1. The first kappa shape index (κ1) is 15.3. The molecule has 7 heteroatoms. The molecule has 2 rings (SSSR count). The molecule has 2 aromatic carbocycles. The molecule has 110 valence electrons. The van der Waals surface area contributed by atoms with Crippen molar-refractivity contribution >= 4 is 33.2 Å². The van der Waals surface area contributed by atoms with Gasteiger partial charge in [0.05, 0.1) is 21.2 Å². The Morgan fingerprint density at radius 2 is 1.76 bits per heavy atom. The van der Waals surface area contributed by atoms with Gasteiger partial charge in [0.15, 0.2) is 0 Å². The molecular formula is C14H13ClN2O3S. The second-order valence-electron chi connectivity index (χ2n) is 4.31. The highest BCUT2D eigenvalue weighted by atomic mass is 35.5. The Balaban J connectivity index is 2.43. The van der Waals surface area contributed by atoms with Gasteiger partial charge in [-0.15, -0.1) is 0 Å². The summed E-state index contributed by atoms with van der Waals surface area (Å²) < 4.78 is 26.0. The van der Waals surface area contributed by atoms with Gasteiger partial charge in [0.25, 0.3) is 10.0 Å². The molecular weight excluding hydrogens is 312 g/mol. The number of anilines is 1. The quantitative estimate of drug-likeness (QED) is 0.936.